The number of pyridine rings is 1. The first-order valence-corrected chi connectivity index (χ1v) is 10.3. The van der Waals surface area contributed by atoms with Crippen molar-refractivity contribution in [2.75, 3.05) is 6.61 Å². The van der Waals surface area contributed by atoms with E-state index in [-0.39, 0.29) is 30.7 Å². The summed E-state index contributed by atoms with van der Waals surface area (Å²) in [5.74, 6) is 2.05. The van der Waals surface area contributed by atoms with Gasteiger partial charge in [0.25, 0.3) is 0 Å². The molecule has 2 aromatic heterocycles. The first kappa shape index (κ1) is 19.8. The molecule has 0 unspecified atom stereocenters. The van der Waals surface area contributed by atoms with Crippen LogP contribution in [0.2, 0.25) is 0 Å². The number of nitrogens with zero attached hydrogens (tertiary/aromatic N) is 5. The fourth-order valence-corrected chi connectivity index (χ4v) is 3.95. The van der Waals surface area contributed by atoms with Crippen LogP contribution in [-0.2, 0) is 22.5 Å². The number of carbonyl (C=O) groups excluding carboxylic acids is 1. The monoisotopic (exact) mass is 395 g/mol. The van der Waals surface area contributed by atoms with Gasteiger partial charge in [-0.1, -0.05) is 32.1 Å². The molecule has 0 N–H and O–H groups in total. The van der Waals surface area contributed by atoms with E-state index in [1.54, 1.807) is 6.20 Å². The molecule has 1 saturated heterocycles. The van der Waals surface area contributed by atoms with Gasteiger partial charge in [-0.3, -0.25) is 9.78 Å². The minimum absolute atomic E-state index is 0.0333. The summed E-state index contributed by atoms with van der Waals surface area (Å²) in [6.45, 7) is 11.0. The van der Waals surface area contributed by atoms with E-state index in [2.05, 4.69) is 25.4 Å². The number of hydrogen-bond donors (Lipinski definition) is 0. The van der Waals surface area contributed by atoms with Gasteiger partial charge < -0.3 is 9.64 Å². The summed E-state index contributed by atoms with van der Waals surface area (Å²) in [4.78, 5) is 23.9. The lowest BCUT2D eigenvalue weighted by molar-refractivity contribution is -0.160. The molecular formula is C22H29N5O2. The Morgan fingerprint density at radius 2 is 2.17 bits per heavy atom. The number of hydrogen-bond acceptors (Lipinski definition) is 5. The van der Waals surface area contributed by atoms with Crippen LogP contribution in [0.1, 0.15) is 63.0 Å². The standard InChI is InChI=1S/C22H29N5O2/c1-14(2)10-18-24-22(26(25-18)12-15(3)4)21-20(16-6-5-9-23-11-16)27(17-7-8-17)19(28)13-29-21/h5-6,9,11,14,17,20-21H,3,7-8,10,12-13H2,1-2,4H3/t20-,21+/m1/s1. The predicted octanol–water partition coefficient (Wildman–Crippen LogP) is 3.25. The average Bonchev–Trinajstić information content (AvgIpc) is 3.44. The van der Waals surface area contributed by atoms with E-state index >= 15 is 0 Å². The fourth-order valence-electron chi connectivity index (χ4n) is 3.95. The summed E-state index contributed by atoms with van der Waals surface area (Å²) in [6.07, 6.45) is 6.05. The summed E-state index contributed by atoms with van der Waals surface area (Å²) >= 11 is 0. The largest absolute Gasteiger partial charge is 0.358 e. The van der Waals surface area contributed by atoms with Crippen molar-refractivity contribution < 1.29 is 9.53 Å². The topological polar surface area (TPSA) is 73.1 Å². The molecular weight excluding hydrogens is 366 g/mol. The Bertz CT molecular complexity index is 888. The first-order chi connectivity index (χ1) is 13.9. The third-order valence-electron chi connectivity index (χ3n) is 5.24. The highest BCUT2D eigenvalue weighted by molar-refractivity contribution is 5.79. The van der Waals surface area contributed by atoms with Gasteiger partial charge in [0, 0.05) is 24.9 Å². The molecule has 2 fully saturated rings. The Morgan fingerprint density at radius 1 is 1.38 bits per heavy atom. The van der Waals surface area contributed by atoms with Gasteiger partial charge in [-0.05, 0) is 37.3 Å². The minimum atomic E-state index is -0.384. The lowest BCUT2D eigenvalue weighted by Gasteiger charge is -2.41. The van der Waals surface area contributed by atoms with Crippen LogP contribution in [0.5, 0.6) is 0 Å². The van der Waals surface area contributed by atoms with Gasteiger partial charge in [0.2, 0.25) is 5.91 Å². The molecule has 0 spiro atoms. The second-order valence-electron chi connectivity index (χ2n) is 8.59. The molecule has 2 aliphatic rings. The van der Waals surface area contributed by atoms with Crippen molar-refractivity contribution in [2.45, 2.75) is 64.8 Å². The Hall–Kier alpha value is -2.54. The van der Waals surface area contributed by atoms with E-state index < -0.39 is 0 Å². The molecule has 1 saturated carbocycles. The molecule has 154 valence electrons. The van der Waals surface area contributed by atoms with E-state index in [9.17, 15) is 4.79 Å². The van der Waals surface area contributed by atoms with Crippen LogP contribution in [0.15, 0.2) is 36.7 Å². The van der Waals surface area contributed by atoms with E-state index in [1.807, 2.05) is 34.8 Å². The molecule has 1 amide bonds. The van der Waals surface area contributed by atoms with Crippen molar-refractivity contribution in [2.24, 2.45) is 5.92 Å². The number of rotatable bonds is 7. The maximum atomic E-state index is 12.8. The molecule has 3 heterocycles. The number of allylic oxidation sites excluding steroid dienone is 1. The smallest absolute Gasteiger partial charge is 0.249 e. The van der Waals surface area contributed by atoms with Crippen LogP contribution in [0.3, 0.4) is 0 Å². The van der Waals surface area contributed by atoms with Crippen LogP contribution in [0.4, 0.5) is 0 Å². The van der Waals surface area contributed by atoms with Gasteiger partial charge in [-0.15, -0.1) is 0 Å². The third kappa shape index (κ3) is 4.24. The Morgan fingerprint density at radius 3 is 2.79 bits per heavy atom. The average molecular weight is 396 g/mol. The van der Waals surface area contributed by atoms with Crippen LogP contribution in [0, 0.1) is 5.92 Å². The summed E-state index contributed by atoms with van der Waals surface area (Å²) < 4.78 is 8.02. The highest BCUT2D eigenvalue weighted by atomic mass is 16.5. The second kappa shape index (κ2) is 8.06. The maximum Gasteiger partial charge on any atom is 0.249 e. The van der Waals surface area contributed by atoms with Crippen LogP contribution in [-0.4, -0.2) is 43.2 Å². The number of carbonyl (C=O) groups is 1. The van der Waals surface area contributed by atoms with E-state index in [1.165, 1.54) is 0 Å². The summed E-state index contributed by atoms with van der Waals surface area (Å²) in [5, 5.41) is 4.74. The molecule has 1 aliphatic heterocycles. The zero-order valence-electron chi connectivity index (χ0n) is 17.4. The van der Waals surface area contributed by atoms with Gasteiger partial charge in [-0.25, -0.2) is 9.67 Å². The van der Waals surface area contributed by atoms with Crippen LogP contribution in [0.25, 0.3) is 0 Å². The summed E-state index contributed by atoms with van der Waals surface area (Å²) in [7, 11) is 0. The van der Waals surface area contributed by atoms with E-state index in [0.717, 1.165) is 42.0 Å². The molecule has 2 atom stereocenters. The molecule has 1 aliphatic carbocycles. The quantitative estimate of drug-likeness (QED) is 0.673. The molecule has 29 heavy (non-hydrogen) atoms. The maximum absolute atomic E-state index is 12.8. The Balaban J connectivity index is 1.77. The second-order valence-corrected chi connectivity index (χ2v) is 8.59. The van der Waals surface area contributed by atoms with Crippen LogP contribution >= 0.6 is 0 Å². The minimum Gasteiger partial charge on any atom is -0.358 e. The summed E-state index contributed by atoms with van der Waals surface area (Å²) in [5.41, 5.74) is 1.96. The van der Waals surface area contributed by atoms with Crippen molar-refractivity contribution in [3.63, 3.8) is 0 Å². The van der Waals surface area contributed by atoms with E-state index in [4.69, 9.17) is 14.8 Å². The van der Waals surface area contributed by atoms with Gasteiger partial charge in [0.15, 0.2) is 11.6 Å². The van der Waals surface area contributed by atoms with E-state index in [0.29, 0.717) is 12.5 Å². The van der Waals surface area contributed by atoms with Crippen molar-refractivity contribution in [1.29, 1.82) is 0 Å². The van der Waals surface area contributed by atoms with Gasteiger partial charge in [0.05, 0.1) is 12.6 Å². The molecule has 0 bridgehead atoms. The van der Waals surface area contributed by atoms with Crippen molar-refractivity contribution in [1.82, 2.24) is 24.6 Å². The Kier molecular flexibility index (Phi) is 5.50. The van der Waals surface area contributed by atoms with Crippen molar-refractivity contribution in [3.8, 4) is 0 Å². The molecule has 7 nitrogen and oxygen atoms in total. The highest BCUT2D eigenvalue weighted by Gasteiger charge is 2.47. The third-order valence-corrected chi connectivity index (χ3v) is 5.24. The molecule has 0 radical (unpaired) electrons. The van der Waals surface area contributed by atoms with Gasteiger partial charge in [-0.2, -0.15) is 5.10 Å². The van der Waals surface area contributed by atoms with Crippen molar-refractivity contribution >= 4 is 5.91 Å². The number of amides is 1. The lowest BCUT2D eigenvalue weighted by atomic mass is 9.98. The van der Waals surface area contributed by atoms with Crippen molar-refractivity contribution in [3.05, 3.63) is 53.9 Å². The van der Waals surface area contributed by atoms with Gasteiger partial charge in [0.1, 0.15) is 12.7 Å². The molecule has 7 heteroatoms. The zero-order valence-corrected chi connectivity index (χ0v) is 17.4. The van der Waals surface area contributed by atoms with Gasteiger partial charge >= 0.3 is 0 Å². The fraction of sp³-hybridized carbons (Fsp3) is 0.545. The molecule has 4 rings (SSSR count). The lowest BCUT2D eigenvalue weighted by Crippen LogP contribution is -2.47. The Labute approximate surface area is 171 Å². The summed E-state index contributed by atoms with van der Waals surface area (Å²) in [6, 6.07) is 3.93. The number of aromatic nitrogens is 4. The first-order valence-electron chi connectivity index (χ1n) is 10.3. The zero-order chi connectivity index (χ0) is 20.5. The number of ether oxygens (including phenoxy) is 1. The predicted molar refractivity (Wildman–Crippen MR) is 109 cm³/mol. The normalized spacial score (nSPS) is 22.3. The SMILES string of the molecule is C=C(C)Cn1nc(CC(C)C)nc1[C@H]1OCC(=O)N(C2CC2)[C@@H]1c1cccnc1. The molecule has 2 aromatic rings. The highest BCUT2D eigenvalue weighted by Crippen LogP contribution is 2.44. The molecule has 0 aromatic carbocycles. The number of morpholine rings is 1. The van der Waals surface area contributed by atoms with Crippen LogP contribution < -0.4 is 0 Å².